The number of amides is 2. The van der Waals surface area contributed by atoms with Crippen LogP contribution in [-0.2, 0) is 11.3 Å². The average Bonchev–Trinajstić information content (AvgIpc) is 3.32. The van der Waals surface area contributed by atoms with Gasteiger partial charge >= 0.3 is 0 Å². The molecule has 1 saturated heterocycles. The number of pyridine rings is 1. The molecule has 1 aliphatic rings. The SMILES string of the molecule is COc1cc(-c2cc(C(=O)N3CCC[C@H](C(=O)NCc4cccc(Cl)c4)C3)[nH]n2)c(F)cn1. The first kappa shape index (κ1) is 22.7. The molecule has 0 saturated carbocycles. The molecule has 0 bridgehead atoms. The van der Waals surface area contributed by atoms with Crippen LogP contribution >= 0.6 is 11.6 Å². The summed E-state index contributed by atoms with van der Waals surface area (Å²) in [6.07, 6.45) is 2.45. The Morgan fingerprint density at radius 3 is 2.97 bits per heavy atom. The molecule has 172 valence electrons. The standard InChI is InChI=1S/C23H23ClFN5O3/c1-33-21-9-17(18(25)12-26-21)19-10-20(29-28-19)23(32)30-7-3-5-15(13-30)22(31)27-11-14-4-2-6-16(24)8-14/h2,4,6,8-10,12,15H,3,5,7,11,13H2,1H3,(H,27,31)(H,28,29)/t15-/m0/s1. The molecule has 0 aliphatic carbocycles. The van der Waals surface area contributed by atoms with Crippen LogP contribution in [0.3, 0.4) is 0 Å². The van der Waals surface area contributed by atoms with Crippen LogP contribution in [-0.4, -0.2) is 52.1 Å². The van der Waals surface area contributed by atoms with Gasteiger partial charge in [-0.3, -0.25) is 14.7 Å². The van der Waals surface area contributed by atoms with Crippen LogP contribution in [0, 0.1) is 11.7 Å². The Kier molecular flexibility index (Phi) is 6.88. The number of benzene rings is 1. The van der Waals surface area contributed by atoms with Gasteiger partial charge in [-0.2, -0.15) is 5.10 Å². The molecule has 1 atom stereocenters. The van der Waals surface area contributed by atoms with E-state index >= 15 is 0 Å². The largest absolute Gasteiger partial charge is 0.481 e. The van der Waals surface area contributed by atoms with Gasteiger partial charge in [-0.1, -0.05) is 23.7 Å². The summed E-state index contributed by atoms with van der Waals surface area (Å²) in [6.45, 7) is 1.20. The van der Waals surface area contributed by atoms with E-state index in [0.717, 1.165) is 11.8 Å². The van der Waals surface area contributed by atoms with Gasteiger partial charge < -0.3 is 15.0 Å². The Balaban J connectivity index is 1.40. The molecule has 3 aromatic rings. The van der Waals surface area contributed by atoms with E-state index < -0.39 is 5.82 Å². The summed E-state index contributed by atoms with van der Waals surface area (Å²) >= 11 is 5.99. The molecular weight excluding hydrogens is 449 g/mol. The van der Waals surface area contributed by atoms with Gasteiger partial charge in [-0.25, -0.2) is 9.37 Å². The number of halogens is 2. The lowest BCUT2D eigenvalue weighted by Crippen LogP contribution is -2.45. The van der Waals surface area contributed by atoms with Crippen molar-refractivity contribution in [2.24, 2.45) is 5.92 Å². The second-order valence-electron chi connectivity index (χ2n) is 7.81. The average molecular weight is 472 g/mol. The van der Waals surface area contributed by atoms with Gasteiger partial charge in [0.1, 0.15) is 5.69 Å². The van der Waals surface area contributed by atoms with Crippen LogP contribution < -0.4 is 10.1 Å². The van der Waals surface area contributed by atoms with Crippen molar-refractivity contribution in [3.05, 3.63) is 64.7 Å². The topological polar surface area (TPSA) is 100 Å². The summed E-state index contributed by atoms with van der Waals surface area (Å²) in [5.74, 6) is -1.04. The van der Waals surface area contributed by atoms with E-state index in [1.165, 1.54) is 19.2 Å². The van der Waals surface area contributed by atoms with Crippen molar-refractivity contribution in [3.8, 4) is 17.1 Å². The van der Waals surface area contributed by atoms with Crippen molar-refractivity contribution in [2.75, 3.05) is 20.2 Å². The second kappa shape index (κ2) is 9.99. The molecule has 8 nitrogen and oxygen atoms in total. The first-order chi connectivity index (χ1) is 15.9. The third kappa shape index (κ3) is 5.31. The minimum Gasteiger partial charge on any atom is -0.481 e. The lowest BCUT2D eigenvalue weighted by Gasteiger charge is -2.31. The Hall–Kier alpha value is -3.46. The molecule has 2 amide bonds. The van der Waals surface area contributed by atoms with Crippen LogP contribution in [0.4, 0.5) is 4.39 Å². The third-order valence-corrected chi connectivity index (χ3v) is 5.79. The summed E-state index contributed by atoms with van der Waals surface area (Å²) < 4.78 is 19.2. The van der Waals surface area contributed by atoms with Crippen molar-refractivity contribution < 1.29 is 18.7 Å². The quantitative estimate of drug-likeness (QED) is 0.573. The highest BCUT2D eigenvalue weighted by atomic mass is 35.5. The summed E-state index contributed by atoms with van der Waals surface area (Å²) in [6, 6.07) is 10.2. The maximum absolute atomic E-state index is 14.2. The first-order valence-corrected chi connectivity index (χ1v) is 10.9. The van der Waals surface area contributed by atoms with Crippen LogP contribution in [0.5, 0.6) is 5.88 Å². The lowest BCUT2D eigenvalue weighted by atomic mass is 9.96. The molecule has 33 heavy (non-hydrogen) atoms. The van der Waals surface area contributed by atoms with Gasteiger partial charge in [0.2, 0.25) is 11.8 Å². The van der Waals surface area contributed by atoms with E-state index in [2.05, 4.69) is 20.5 Å². The lowest BCUT2D eigenvalue weighted by molar-refractivity contribution is -0.126. The van der Waals surface area contributed by atoms with Crippen LogP contribution in [0.1, 0.15) is 28.9 Å². The number of H-pyrrole nitrogens is 1. The van der Waals surface area contributed by atoms with Crippen molar-refractivity contribution in [1.82, 2.24) is 25.4 Å². The summed E-state index contributed by atoms with van der Waals surface area (Å²) in [5.41, 5.74) is 1.57. The zero-order valence-corrected chi connectivity index (χ0v) is 18.7. The van der Waals surface area contributed by atoms with Crippen LogP contribution in [0.2, 0.25) is 5.02 Å². The molecule has 1 aliphatic heterocycles. The third-order valence-electron chi connectivity index (χ3n) is 5.56. The van der Waals surface area contributed by atoms with E-state index in [4.69, 9.17) is 16.3 Å². The van der Waals surface area contributed by atoms with Gasteiger partial charge in [-0.15, -0.1) is 0 Å². The molecule has 4 rings (SSSR count). The fourth-order valence-electron chi connectivity index (χ4n) is 3.82. The summed E-state index contributed by atoms with van der Waals surface area (Å²) in [4.78, 5) is 31.1. The predicted octanol–water partition coefficient (Wildman–Crippen LogP) is 3.44. The maximum Gasteiger partial charge on any atom is 0.271 e. The molecule has 2 aromatic heterocycles. The Morgan fingerprint density at radius 1 is 1.33 bits per heavy atom. The number of nitrogens with zero attached hydrogens (tertiary/aromatic N) is 3. The van der Waals surface area contributed by atoms with Crippen molar-refractivity contribution >= 4 is 23.4 Å². The van der Waals surface area contributed by atoms with Gasteiger partial charge in [-0.05, 0) is 36.6 Å². The zero-order valence-electron chi connectivity index (χ0n) is 18.0. The Labute approximate surface area is 195 Å². The molecule has 3 heterocycles. The number of likely N-dealkylation sites (tertiary alicyclic amines) is 1. The van der Waals surface area contributed by atoms with Crippen molar-refractivity contribution in [1.29, 1.82) is 0 Å². The van der Waals surface area contributed by atoms with Gasteiger partial charge in [0.05, 0.1) is 24.9 Å². The van der Waals surface area contributed by atoms with Gasteiger partial charge in [0.25, 0.3) is 5.91 Å². The molecule has 0 radical (unpaired) electrons. The molecule has 10 heteroatoms. The predicted molar refractivity (Wildman–Crippen MR) is 120 cm³/mol. The van der Waals surface area contributed by atoms with E-state index in [1.807, 2.05) is 12.1 Å². The van der Waals surface area contributed by atoms with E-state index in [9.17, 15) is 14.0 Å². The normalized spacial score (nSPS) is 15.8. The number of nitrogens with one attached hydrogen (secondary N) is 2. The molecule has 2 N–H and O–H groups in total. The van der Waals surface area contributed by atoms with Crippen molar-refractivity contribution in [3.63, 3.8) is 0 Å². The second-order valence-corrected chi connectivity index (χ2v) is 8.25. The Morgan fingerprint density at radius 2 is 2.18 bits per heavy atom. The fraction of sp³-hybridized carbons (Fsp3) is 0.304. The van der Waals surface area contributed by atoms with Crippen LogP contribution in [0.25, 0.3) is 11.3 Å². The minimum absolute atomic E-state index is 0.108. The van der Waals surface area contributed by atoms with Crippen molar-refractivity contribution in [2.45, 2.75) is 19.4 Å². The van der Waals surface area contributed by atoms with E-state index in [0.29, 0.717) is 37.5 Å². The molecule has 0 spiro atoms. The van der Waals surface area contributed by atoms with E-state index in [1.54, 1.807) is 17.0 Å². The number of piperidine rings is 1. The zero-order chi connectivity index (χ0) is 23.4. The number of methoxy groups -OCH3 is 1. The first-order valence-electron chi connectivity index (χ1n) is 10.5. The smallest absolute Gasteiger partial charge is 0.271 e. The number of rotatable bonds is 6. The molecular formula is C23H23ClFN5O3. The maximum atomic E-state index is 14.2. The number of aromatic amines is 1. The molecule has 1 aromatic carbocycles. The van der Waals surface area contributed by atoms with Gasteiger partial charge in [0, 0.05) is 36.3 Å². The Bertz CT molecular complexity index is 1170. The number of hydrogen-bond acceptors (Lipinski definition) is 5. The van der Waals surface area contributed by atoms with Gasteiger partial charge in [0.15, 0.2) is 5.82 Å². The minimum atomic E-state index is -0.573. The molecule has 0 unspecified atom stereocenters. The summed E-state index contributed by atoms with van der Waals surface area (Å²) in [5, 5.41) is 10.3. The monoisotopic (exact) mass is 471 g/mol. The number of aromatic nitrogens is 3. The number of ether oxygens (including phenoxy) is 1. The number of carbonyl (C=O) groups is 2. The fourth-order valence-corrected chi connectivity index (χ4v) is 4.04. The highest BCUT2D eigenvalue weighted by Gasteiger charge is 2.29. The molecule has 1 fully saturated rings. The number of hydrogen-bond donors (Lipinski definition) is 2. The van der Waals surface area contributed by atoms with Crippen LogP contribution in [0.15, 0.2) is 42.6 Å². The van der Waals surface area contributed by atoms with E-state index in [-0.39, 0.29) is 40.6 Å². The highest BCUT2D eigenvalue weighted by molar-refractivity contribution is 6.30. The number of carbonyl (C=O) groups excluding carboxylic acids is 2. The summed E-state index contributed by atoms with van der Waals surface area (Å²) in [7, 11) is 1.43. The highest BCUT2D eigenvalue weighted by Crippen LogP contribution is 2.25.